The fourth-order valence-corrected chi connectivity index (χ4v) is 5.51. The van der Waals surface area contributed by atoms with E-state index in [4.69, 9.17) is 0 Å². The molecule has 0 radical (unpaired) electrons. The average molecular weight is 565 g/mol. The fourth-order valence-electron chi connectivity index (χ4n) is 5.51. The van der Waals surface area contributed by atoms with Crippen LogP contribution in [0.4, 0.5) is 0 Å². The summed E-state index contributed by atoms with van der Waals surface area (Å²) >= 11 is 0. The van der Waals surface area contributed by atoms with E-state index in [1.807, 2.05) is 35.6 Å². The Morgan fingerprint density at radius 3 is 1.05 bits per heavy atom. The van der Waals surface area contributed by atoms with Gasteiger partial charge in [0, 0.05) is 50.0 Å². The Balaban J connectivity index is 0.000000142. The molecular weight excluding hydrogens is 536 g/mol. The number of fused-ring (bicyclic) bond motifs is 4. The van der Waals surface area contributed by atoms with Crippen LogP contribution in [0.15, 0.2) is 134 Å². The fraction of sp³-hybridized carbons (Fsp3) is 0.0500. The van der Waals surface area contributed by atoms with Gasteiger partial charge in [-0.1, -0.05) is 109 Å². The molecule has 4 heteroatoms. The monoisotopic (exact) mass is 564 g/mol. The van der Waals surface area contributed by atoms with E-state index in [2.05, 4.69) is 143 Å². The van der Waals surface area contributed by atoms with Gasteiger partial charge in [-0.15, -0.1) is 0 Å². The van der Waals surface area contributed by atoms with Crippen molar-refractivity contribution in [3.8, 4) is 23.7 Å². The largest absolute Gasteiger partial charge is 0.327 e. The highest BCUT2D eigenvalue weighted by atomic mass is 15.0. The van der Waals surface area contributed by atoms with E-state index in [0.717, 1.165) is 22.8 Å². The van der Waals surface area contributed by atoms with E-state index in [9.17, 15) is 0 Å². The Morgan fingerprint density at radius 1 is 0.432 bits per heavy atom. The highest BCUT2D eigenvalue weighted by Gasteiger charge is 2.06. The third-order valence-electron chi connectivity index (χ3n) is 7.78. The first-order valence-electron chi connectivity index (χ1n) is 14.5. The molecule has 0 spiro atoms. The highest BCUT2D eigenvalue weighted by molar-refractivity contribution is 6.05. The lowest BCUT2D eigenvalue weighted by molar-refractivity contribution is 0.893. The minimum Gasteiger partial charge on any atom is -0.327 e. The van der Waals surface area contributed by atoms with Crippen molar-refractivity contribution in [2.45, 2.75) is 0 Å². The van der Waals surface area contributed by atoms with Gasteiger partial charge in [-0.2, -0.15) is 0 Å². The summed E-state index contributed by atoms with van der Waals surface area (Å²) in [5, 5.41) is 9.59. The van der Waals surface area contributed by atoms with Gasteiger partial charge in [0.15, 0.2) is 11.6 Å². The van der Waals surface area contributed by atoms with Crippen molar-refractivity contribution in [2.24, 2.45) is 14.1 Å². The molecule has 208 valence electrons. The molecule has 0 saturated carbocycles. The van der Waals surface area contributed by atoms with Gasteiger partial charge in [0.1, 0.15) is 0 Å². The normalized spacial score (nSPS) is 10.6. The Morgan fingerprint density at radius 2 is 0.750 bits per heavy atom. The lowest BCUT2D eigenvalue weighted by Crippen LogP contribution is -1.91. The van der Waals surface area contributed by atoms with E-state index in [0.29, 0.717) is 0 Å². The maximum atomic E-state index is 4.28. The van der Waals surface area contributed by atoms with Crippen molar-refractivity contribution in [1.82, 2.24) is 19.1 Å². The Labute approximate surface area is 256 Å². The van der Waals surface area contributed by atoms with Gasteiger partial charge in [0.2, 0.25) is 0 Å². The van der Waals surface area contributed by atoms with Gasteiger partial charge >= 0.3 is 0 Å². The Hall–Kier alpha value is -6.10. The van der Waals surface area contributed by atoms with Crippen LogP contribution in [0.1, 0.15) is 22.8 Å². The summed E-state index contributed by atoms with van der Waals surface area (Å²) in [6, 6.07) is 38.0. The van der Waals surface area contributed by atoms with Crippen molar-refractivity contribution < 1.29 is 0 Å². The molecule has 0 aliphatic heterocycles. The third kappa shape index (κ3) is 5.18. The number of hydrogen-bond acceptors (Lipinski definition) is 2. The summed E-state index contributed by atoms with van der Waals surface area (Å²) in [4.78, 5) is 8.56. The van der Waals surface area contributed by atoms with Crippen LogP contribution in [-0.4, -0.2) is 19.1 Å². The maximum absolute atomic E-state index is 4.28. The highest BCUT2D eigenvalue weighted by Crippen LogP contribution is 2.29. The minimum atomic E-state index is 0.775. The van der Waals surface area contributed by atoms with E-state index < -0.39 is 0 Å². The van der Waals surface area contributed by atoms with Crippen LogP contribution in [0.3, 0.4) is 0 Å². The van der Waals surface area contributed by atoms with Crippen molar-refractivity contribution >= 4 is 43.1 Å². The van der Waals surface area contributed by atoms with Crippen LogP contribution in [0, 0.1) is 23.7 Å². The molecule has 6 aromatic carbocycles. The van der Waals surface area contributed by atoms with Gasteiger partial charge in [-0.05, 0) is 67.1 Å². The maximum Gasteiger partial charge on any atom is 0.185 e. The first-order valence-corrected chi connectivity index (χ1v) is 14.5. The summed E-state index contributed by atoms with van der Waals surface area (Å²) in [6.07, 6.45) is 7.35. The standard InChI is InChI=1S/2C20H14N2/c2*1-22-13-12-21-20(22)11-10-19-17-8-4-2-6-15(17)14-16-7-3-5-9-18(16)19/h2*2-9,12-14H,1H3. The van der Waals surface area contributed by atoms with Crippen LogP contribution in [0.5, 0.6) is 0 Å². The molecule has 8 rings (SSSR count). The molecule has 2 aromatic heterocycles. The SMILES string of the molecule is Cn1ccnc1C#Cc1c2ccccc2cc2ccccc12.Cn1ccnc1C#Cc1c2ccccc2cc2ccccc12. The molecule has 0 bridgehead atoms. The van der Waals surface area contributed by atoms with Gasteiger partial charge in [-0.25, -0.2) is 9.97 Å². The van der Waals surface area contributed by atoms with Gasteiger partial charge < -0.3 is 9.13 Å². The lowest BCUT2D eigenvalue weighted by Gasteiger charge is -2.06. The molecule has 0 aliphatic carbocycles. The number of imidazole rings is 2. The first-order chi connectivity index (χ1) is 21.7. The molecule has 0 atom stereocenters. The molecular formula is C40H28N4. The quantitative estimate of drug-likeness (QED) is 0.137. The molecule has 2 heterocycles. The summed E-state index contributed by atoms with van der Waals surface area (Å²) in [5.41, 5.74) is 2.13. The second kappa shape index (κ2) is 11.6. The van der Waals surface area contributed by atoms with Crippen molar-refractivity contribution in [2.75, 3.05) is 0 Å². The lowest BCUT2D eigenvalue weighted by atomic mass is 9.97. The van der Waals surface area contributed by atoms with Crippen molar-refractivity contribution in [3.05, 3.63) is 157 Å². The first kappa shape index (κ1) is 26.8. The van der Waals surface area contributed by atoms with Crippen LogP contribution in [-0.2, 0) is 14.1 Å². The molecule has 4 nitrogen and oxygen atoms in total. The second-order valence-corrected chi connectivity index (χ2v) is 10.6. The van der Waals surface area contributed by atoms with E-state index in [1.165, 1.54) is 43.1 Å². The zero-order valence-electron chi connectivity index (χ0n) is 24.5. The van der Waals surface area contributed by atoms with Crippen LogP contribution in [0.2, 0.25) is 0 Å². The molecule has 0 unspecified atom stereocenters. The molecule has 0 aliphatic rings. The molecule has 8 aromatic rings. The molecule has 44 heavy (non-hydrogen) atoms. The van der Waals surface area contributed by atoms with Crippen LogP contribution < -0.4 is 0 Å². The summed E-state index contributed by atoms with van der Waals surface area (Å²) in [6.45, 7) is 0. The zero-order chi connectivity index (χ0) is 29.9. The summed E-state index contributed by atoms with van der Waals surface area (Å²) in [7, 11) is 3.91. The van der Waals surface area contributed by atoms with E-state index in [-0.39, 0.29) is 0 Å². The minimum absolute atomic E-state index is 0.775. The van der Waals surface area contributed by atoms with Crippen molar-refractivity contribution in [1.29, 1.82) is 0 Å². The second-order valence-electron chi connectivity index (χ2n) is 10.6. The Bertz CT molecular complexity index is 2160. The van der Waals surface area contributed by atoms with Gasteiger partial charge in [-0.3, -0.25) is 0 Å². The molecule has 0 amide bonds. The molecule has 0 fully saturated rings. The van der Waals surface area contributed by atoms with E-state index in [1.54, 1.807) is 12.4 Å². The zero-order valence-corrected chi connectivity index (χ0v) is 24.5. The number of nitrogens with zero attached hydrogens (tertiary/aromatic N) is 4. The molecule has 0 saturated heterocycles. The summed E-state index contributed by atoms with van der Waals surface area (Å²) in [5.74, 6) is 14.6. The van der Waals surface area contributed by atoms with E-state index >= 15 is 0 Å². The third-order valence-corrected chi connectivity index (χ3v) is 7.78. The van der Waals surface area contributed by atoms with Crippen LogP contribution >= 0.6 is 0 Å². The topological polar surface area (TPSA) is 35.6 Å². The predicted octanol–water partition coefficient (Wildman–Crippen LogP) is 8.25. The van der Waals surface area contributed by atoms with Crippen LogP contribution in [0.25, 0.3) is 43.1 Å². The number of aromatic nitrogens is 4. The number of benzene rings is 6. The average Bonchev–Trinajstić information content (AvgIpc) is 3.68. The van der Waals surface area contributed by atoms with Crippen molar-refractivity contribution in [3.63, 3.8) is 0 Å². The predicted molar refractivity (Wildman–Crippen MR) is 181 cm³/mol. The number of hydrogen-bond donors (Lipinski definition) is 0. The Kier molecular flexibility index (Phi) is 7.09. The number of rotatable bonds is 0. The smallest absolute Gasteiger partial charge is 0.185 e. The summed E-state index contributed by atoms with van der Waals surface area (Å²) < 4.78 is 3.86. The van der Waals surface area contributed by atoms with Gasteiger partial charge in [0.25, 0.3) is 0 Å². The number of aryl methyl sites for hydroxylation is 2. The van der Waals surface area contributed by atoms with Gasteiger partial charge in [0.05, 0.1) is 0 Å². The molecule has 0 N–H and O–H groups in total.